The molecule has 3 aromatic rings. The van der Waals surface area contributed by atoms with Gasteiger partial charge in [-0.25, -0.2) is 18.4 Å². The molecule has 5 rings (SSSR count). The van der Waals surface area contributed by atoms with Crippen molar-refractivity contribution in [2.24, 2.45) is 5.92 Å². The minimum Gasteiger partial charge on any atom is -0.378 e. The lowest BCUT2D eigenvalue weighted by Crippen LogP contribution is -2.38. The van der Waals surface area contributed by atoms with E-state index >= 15 is 0 Å². The van der Waals surface area contributed by atoms with Crippen LogP contribution in [0.1, 0.15) is 53.7 Å². The highest BCUT2D eigenvalue weighted by Gasteiger charge is 2.29. The standard InChI is InChI=1S/C30H37N5O4S/c1-4-40(37,38)26-8-5-22(6-9-26)16-31-29(36)23-7-10-27-24(15-23)19-35(20-28(27)21(2)3)30-32-17-25(18-33-30)34-11-13-39-14-12-34/h5-10,15,17-18,21,28H,4,11-14,16,19-20H2,1-3H3,(H,31,36)/t28-/m1/s1. The number of ether oxygens (including phenoxy) is 1. The van der Waals surface area contributed by atoms with E-state index in [1.807, 2.05) is 24.5 Å². The Morgan fingerprint density at radius 2 is 1.75 bits per heavy atom. The Balaban J connectivity index is 1.29. The fourth-order valence-electron chi connectivity index (χ4n) is 5.30. The Morgan fingerprint density at radius 3 is 2.40 bits per heavy atom. The Kier molecular flexibility index (Phi) is 8.37. The van der Waals surface area contributed by atoms with Crippen LogP contribution in [0.2, 0.25) is 0 Å². The van der Waals surface area contributed by atoms with Crippen LogP contribution in [0.25, 0.3) is 0 Å². The van der Waals surface area contributed by atoms with Gasteiger partial charge >= 0.3 is 0 Å². The summed E-state index contributed by atoms with van der Waals surface area (Å²) in [6, 6.07) is 12.6. The minimum atomic E-state index is -3.25. The molecule has 1 saturated heterocycles. The summed E-state index contributed by atoms with van der Waals surface area (Å²) in [6.07, 6.45) is 3.78. The number of rotatable bonds is 8. The molecule has 40 heavy (non-hydrogen) atoms. The first-order valence-electron chi connectivity index (χ1n) is 13.9. The third kappa shape index (κ3) is 6.13. The lowest BCUT2D eigenvalue weighted by atomic mass is 9.82. The van der Waals surface area contributed by atoms with Crippen molar-refractivity contribution in [2.75, 3.05) is 48.4 Å². The maximum atomic E-state index is 13.1. The van der Waals surface area contributed by atoms with E-state index in [1.54, 1.807) is 31.2 Å². The molecule has 0 bridgehead atoms. The molecule has 3 heterocycles. The van der Waals surface area contributed by atoms with E-state index in [2.05, 4.69) is 35.0 Å². The molecule has 212 valence electrons. The predicted molar refractivity (Wildman–Crippen MR) is 155 cm³/mol. The van der Waals surface area contributed by atoms with E-state index in [-0.39, 0.29) is 11.7 Å². The van der Waals surface area contributed by atoms with Gasteiger partial charge in [-0.05, 0) is 46.9 Å². The summed E-state index contributed by atoms with van der Waals surface area (Å²) in [5.41, 5.74) is 4.81. The fourth-order valence-corrected chi connectivity index (χ4v) is 6.19. The molecule has 0 radical (unpaired) electrons. The Bertz CT molecular complexity index is 1440. The lowest BCUT2D eigenvalue weighted by molar-refractivity contribution is 0.0950. The zero-order valence-electron chi connectivity index (χ0n) is 23.3. The average molecular weight is 564 g/mol. The number of morpholine rings is 1. The number of fused-ring (bicyclic) bond motifs is 1. The Morgan fingerprint density at radius 1 is 1.05 bits per heavy atom. The van der Waals surface area contributed by atoms with Crippen LogP contribution in [0.4, 0.5) is 11.6 Å². The largest absolute Gasteiger partial charge is 0.378 e. The third-order valence-electron chi connectivity index (χ3n) is 7.79. The molecule has 0 spiro atoms. The van der Waals surface area contributed by atoms with Gasteiger partial charge in [0.05, 0.1) is 41.9 Å². The molecular formula is C30H37N5O4S. The zero-order valence-corrected chi connectivity index (χ0v) is 24.2. The van der Waals surface area contributed by atoms with Crippen molar-refractivity contribution < 1.29 is 17.9 Å². The number of carbonyl (C=O) groups excluding carboxylic acids is 1. The molecule has 9 nitrogen and oxygen atoms in total. The van der Waals surface area contributed by atoms with E-state index in [1.165, 1.54) is 5.56 Å². The molecule has 1 amide bonds. The van der Waals surface area contributed by atoms with E-state index in [4.69, 9.17) is 14.7 Å². The summed E-state index contributed by atoms with van der Waals surface area (Å²) in [7, 11) is -3.25. The summed E-state index contributed by atoms with van der Waals surface area (Å²) in [6.45, 7) is 10.9. The number of hydrogen-bond donors (Lipinski definition) is 1. The predicted octanol–water partition coefficient (Wildman–Crippen LogP) is 3.80. The number of nitrogens with zero attached hydrogens (tertiary/aromatic N) is 4. The molecular weight excluding hydrogens is 526 g/mol. The number of anilines is 2. The van der Waals surface area contributed by atoms with Crippen molar-refractivity contribution in [3.63, 3.8) is 0 Å². The van der Waals surface area contributed by atoms with Crippen LogP contribution in [-0.4, -0.2) is 62.9 Å². The van der Waals surface area contributed by atoms with E-state index in [0.29, 0.717) is 54.5 Å². The van der Waals surface area contributed by atoms with Gasteiger partial charge in [0.1, 0.15) is 0 Å². The van der Waals surface area contributed by atoms with Gasteiger partial charge in [0.15, 0.2) is 9.84 Å². The van der Waals surface area contributed by atoms with Crippen LogP contribution < -0.4 is 15.1 Å². The molecule has 10 heteroatoms. The van der Waals surface area contributed by atoms with Crippen molar-refractivity contribution in [3.05, 3.63) is 77.1 Å². The number of aromatic nitrogens is 2. The maximum absolute atomic E-state index is 13.1. The lowest BCUT2D eigenvalue weighted by Gasteiger charge is -2.37. The summed E-state index contributed by atoms with van der Waals surface area (Å²) in [5, 5.41) is 2.97. The average Bonchev–Trinajstić information content (AvgIpc) is 2.99. The zero-order chi connectivity index (χ0) is 28.3. The van der Waals surface area contributed by atoms with Crippen LogP contribution >= 0.6 is 0 Å². The van der Waals surface area contributed by atoms with Gasteiger partial charge in [-0.3, -0.25) is 4.79 Å². The van der Waals surface area contributed by atoms with Crippen LogP contribution in [0.5, 0.6) is 0 Å². The van der Waals surface area contributed by atoms with Gasteiger partial charge in [0.2, 0.25) is 5.95 Å². The SMILES string of the molecule is CCS(=O)(=O)c1ccc(CNC(=O)c2ccc3c(c2)CN(c2ncc(N4CCOCC4)cn2)C[C@@H]3C(C)C)cc1. The molecule has 1 N–H and O–H groups in total. The van der Waals surface area contributed by atoms with Crippen molar-refractivity contribution in [1.29, 1.82) is 0 Å². The summed E-state index contributed by atoms with van der Waals surface area (Å²) in [5.74, 6) is 1.28. The van der Waals surface area contributed by atoms with Crippen molar-refractivity contribution in [2.45, 2.75) is 44.7 Å². The van der Waals surface area contributed by atoms with Crippen LogP contribution in [-0.2, 0) is 27.7 Å². The topological polar surface area (TPSA) is 105 Å². The fraction of sp³-hybridized carbons (Fsp3) is 0.433. The van der Waals surface area contributed by atoms with Crippen molar-refractivity contribution in [1.82, 2.24) is 15.3 Å². The highest BCUT2D eigenvalue weighted by molar-refractivity contribution is 7.91. The van der Waals surface area contributed by atoms with E-state index < -0.39 is 9.84 Å². The molecule has 2 aromatic carbocycles. The first kappa shape index (κ1) is 28.0. The third-order valence-corrected chi connectivity index (χ3v) is 9.54. The van der Waals surface area contributed by atoms with Crippen LogP contribution in [0, 0.1) is 5.92 Å². The highest BCUT2D eigenvalue weighted by Crippen LogP contribution is 2.35. The van der Waals surface area contributed by atoms with Crippen molar-refractivity contribution >= 4 is 27.4 Å². The molecule has 0 saturated carbocycles. The number of sulfone groups is 1. The second-order valence-electron chi connectivity index (χ2n) is 10.7. The molecule has 1 fully saturated rings. The van der Waals surface area contributed by atoms with Gasteiger partial charge in [0, 0.05) is 44.2 Å². The van der Waals surface area contributed by atoms with Gasteiger partial charge in [0.25, 0.3) is 5.91 Å². The first-order chi connectivity index (χ1) is 19.2. The summed E-state index contributed by atoms with van der Waals surface area (Å²) >= 11 is 0. The molecule has 1 atom stereocenters. The highest BCUT2D eigenvalue weighted by atomic mass is 32.2. The summed E-state index contributed by atoms with van der Waals surface area (Å²) < 4.78 is 29.6. The van der Waals surface area contributed by atoms with E-state index in [0.717, 1.165) is 36.4 Å². The van der Waals surface area contributed by atoms with Crippen LogP contribution in [0.15, 0.2) is 59.8 Å². The number of carbonyl (C=O) groups is 1. The monoisotopic (exact) mass is 563 g/mol. The maximum Gasteiger partial charge on any atom is 0.251 e. The van der Waals surface area contributed by atoms with E-state index in [9.17, 15) is 13.2 Å². The molecule has 2 aliphatic heterocycles. The van der Waals surface area contributed by atoms with Gasteiger partial charge in [-0.2, -0.15) is 0 Å². The normalized spacial score (nSPS) is 17.6. The number of hydrogen-bond acceptors (Lipinski definition) is 8. The second kappa shape index (κ2) is 11.9. The van der Waals surface area contributed by atoms with Crippen LogP contribution in [0.3, 0.4) is 0 Å². The first-order valence-corrected chi connectivity index (χ1v) is 15.5. The van der Waals surface area contributed by atoms with Gasteiger partial charge < -0.3 is 19.9 Å². The number of amides is 1. The molecule has 0 aliphatic carbocycles. The minimum absolute atomic E-state index is 0.0579. The quantitative estimate of drug-likeness (QED) is 0.442. The molecule has 1 aromatic heterocycles. The number of nitrogens with one attached hydrogen (secondary N) is 1. The second-order valence-corrected chi connectivity index (χ2v) is 13.0. The summed E-state index contributed by atoms with van der Waals surface area (Å²) in [4.78, 5) is 27.2. The number of benzene rings is 2. The smallest absolute Gasteiger partial charge is 0.251 e. The van der Waals surface area contributed by atoms with Gasteiger partial charge in [-0.1, -0.05) is 39.0 Å². The van der Waals surface area contributed by atoms with Gasteiger partial charge in [-0.15, -0.1) is 0 Å². The Hall–Kier alpha value is -3.50. The molecule has 0 unspecified atom stereocenters. The van der Waals surface area contributed by atoms with Crippen molar-refractivity contribution in [3.8, 4) is 0 Å². The Labute approximate surface area is 236 Å². The molecule has 2 aliphatic rings.